The number of benzene rings is 2. The molecule has 0 fully saturated rings. The second-order valence-electron chi connectivity index (χ2n) is 3.98. The summed E-state index contributed by atoms with van der Waals surface area (Å²) < 4.78 is 19.5. The van der Waals surface area contributed by atoms with Crippen LogP contribution < -0.4 is 4.74 Å². The highest BCUT2D eigenvalue weighted by molar-refractivity contribution is 7.98. The lowest BCUT2D eigenvalue weighted by atomic mass is 10.2. The van der Waals surface area contributed by atoms with E-state index in [1.165, 1.54) is 11.8 Å². The molecule has 2 rings (SSSR count). The van der Waals surface area contributed by atoms with Gasteiger partial charge in [0.15, 0.2) is 11.6 Å². The molecule has 0 unspecified atom stereocenters. The molecule has 2 aromatic carbocycles. The molecular formula is C15H15FOS. The SMILES string of the molecule is CSc1ccc(OCc2ccccc2)c(F)c1C. The number of hydrogen-bond donors (Lipinski definition) is 0. The standard InChI is InChI=1S/C15H15FOS/c1-11-14(18-2)9-8-13(15(11)16)17-10-12-6-4-3-5-7-12/h3-9H,10H2,1-2H3. The Morgan fingerprint density at radius 2 is 1.83 bits per heavy atom. The maximum absolute atomic E-state index is 14.0. The Morgan fingerprint density at radius 1 is 1.11 bits per heavy atom. The molecule has 3 heteroatoms. The minimum atomic E-state index is -0.266. The molecule has 18 heavy (non-hydrogen) atoms. The minimum Gasteiger partial charge on any atom is -0.486 e. The van der Waals surface area contributed by atoms with E-state index in [4.69, 9.17) is 4.74 Å². The molecule has 0 spiro atoms. The van der Waals surface area contributed by atoms with Crippen molar-refractivity contribution < 1.29 is 9.13 Å². The third-order valence-electron chi connectivity index (χ3n) is 2.76. The largest absolute Gasteiger partial charge is 0.486 e. The lowest BCUT2D eigenvalue weighted by Crippen LogP contribution is -1.99. The molecule has 0 bridgehead atoms. The Labute approximate surface area is 111 Å². The molecule has 94 valence electrons. The van der Waals surface area contributed by atoms with Crippen LogP contribution in [0.4, 0.5) is 4.39 Å². The zero-order valence-corrected chi connectivity index (χ0v) is 11.3. The van der Waals surface area contributed by atoms with Gasteiger partial charge in [0.1, 0.15) is 6.61 Å². The fourth-order valence-electron chi connectivity index (χ4n) is 1.71. The zero-order chi connectivity index (χ0) is 13.0. The Hall–Kier alpha value is -1.48. The van der Waals surface area contributed by atoms with E-state index in [0.717, 1.165) is 10.5 Å². The molecule has 0 aromatic heterocycles. The van der Waals surface area contributed by atoms with E-state index >= 15 is 0 Å². The van der Waals surface area contributed by atoms with Crippen LogP contribution in [0.15, 0.2) is 47.4 Å². The summed E-state index contributed by atoms with van der Waals surface area (Å²) in [5, 5.41) is 0. The predicted molar refractivity (Wildman–Crippen MR) is 73.7 cm³/mol. The lowest BCUT2D eigenvalue weighted by Gasteiger charge is -2.11. The molecular weight excluding hydrogens is 247 g/mol. The maximum Gasteiger partial charge on any atom is 0.169 e. The number of hydrogen-bond acceptors (Lipinski definition) is 2. The van der Waals surface area contributed by atoms with E-state index in [0.29, 0.717) is 17.9 Å². The van der Waals surface area contributed by atoms with Gasteiger partial charge >= 0.3 is 0 Å². The quantitative estimate of drug-likeness (QED) is 0.754. The molecule has 0 N–H and O–H groups in total. The van der Waals surface area contributed by atoms with Gasteiger partial charge < -0.3 is 4.74 Å². The predicted octanol–water partition coefficient (Wildman–Crippen LogP) is 4.44. The van der Waals surface area contributed by atoms with Gasteiger partial charge in [0, 0.05) is 10.5 Å². The Balaban J connectivity index is 2.13. The van der Waals surface area contributed by atoms with Crippen molar-refractivity contribution in [2.24, 2.45) is 0 Å². The molecule has 0 aliphatic rings. The highest BCUT2D eigenvalue weighted by Gasteiger charge is 2.10. The second-order valence-corrected chi connectivity index (χ2v) is 4.83. The fraction of sp³-hybridized carbons (Fsp3) is 0.200. The second kappa shape index (κ2) is 5.91. The Morgan fingerprint density at radius 3 is 2.50 bits per heavy atom. The van der Waals surface area contributed by atoms with Crippen LogP contribution in [0.2, 0.25) is 0 Å². The van der Waals surface area contributed by atoms with Gasteiger partial charge in [-0.15, -0.1) is 11.8 Å². The Bertz CT molecular complexity index is 526. The minimum absolute atomic E-state index is 0.266. The van der Waals surface area contributed by atoms with Crippen molar-refractivity contribution in [1.29, 1.82) is 0 Å². The summed E-state index contributed by atoms with van der Waals surface area (Å²) in [4.78, 5) is 0.944. The Kier molecular flexibility index (Phi) is 4.26. The summed E-state index contributed by atoms with van der Waals surface area (Å²) >= 11 is 1.54. The number of thioether (sulfide) groups is 1. The fourth-order valence-corrected chi connectivity index (χ4v) is 2.31. The van der Waals surface area contributed by atoms with Crippen molar-refractivity contribution in [3.05, 3.63) is 59.4 Å². The zero-order valence-electron chi connectivity index (χ0n) is 10.4. The average molecular weight is 262 g/mol. The van der Waals surface area contributed by atoms with Crippen LogP contribution in [0, 0.1) is 12.7 Å². The van der Waals surface area contributed by atoms with Gasteiger partial charge in [-0.3, -0.25) is 0 Å². The summed E-state index contributed by atoms with van der Waals surface area (Å²) in [5.74, 6) is 0.0481. The van der Waals surface area contributed by atoms with Crippen LogP contribution in [0.25, 0.3) is 0 Å². The normalized spacial score (nSPS) is 10.4. The van der Waals surface area contributed by atoms with Crippen LogP contribution in [0.5, 0.6) is 5.75 Å². The van der Waals surface area contributed by atoms with Crippen LogP contribution in [-0.4, -0.2) is 6.26 Å². The summed E-state index contributed by atoms with van der Waals surface area (Å²) in [6.45, 7) is 2.16. The number of ether oxygens (including phenoxy) is 1. The molecule has 0 aliphatic carbocycles. The molecule has 1 nitrogen and oxygen atoms in total. The smallest absolute Gasteiger partial charge is 0.169 e. The van der Waals surface area contributed by atoms with Crippen molar-refractivity contribution in [1.82, 2.24) is 0 Å². The van der Waals surface area contributed by atoms with Gasteiger partial charge in [0.2, 0.25) is 0 Å². The van der Waals surface area contributed by atoms with Gasteiger partial charge in [-0.05, 0) is 30.9 Å². The maximum atomic E-state index is 14.0. The lowest BCUT2D eigenvalue weighted by molar-refractivity contribution is 0.289. The van der Waals surface area contributed by atoms with Crippen LogP contribution in [0.3, 0.4) is 0 Å². The van der Waals surface area contributed by atoms with Gasteiger partial charge in [-0.1, -0.05) is 30.3 Å². The third-order valence-corrected chi connectivity index (χ3v) is 3.64. The third kappa shape index (κ3) is 2.85. The summed E-state index contributed by atoms with van der Waals surface area (Å²) in [5.41, 5.74) is 1.68. The first-order valence-electron chi connectivity index (χ1n) is 5.72. The van der Waals surface area contributed by atoms with E-state index in [9.17, 15) is 4.39 Å². The van der Waals surface area contributed by atoms with Gasteiger partial charge in [0.05, 0.1) is 0 Å². The van der Waals surface area contributed by atoms with Crippen molar-refractivity contribution in [2.75, 3.05) is 6.26 Å². The van der Waals surface area contributed by atoms with E-state index < -0.39 is 0 Å². The molecule has 0 saturated heterocycles. The van der Waals surface area contributed by atoms with E-state index in [1.807, 2.05) is 42.7 Å². The molecule has 0 aliphatic heterocycles. The van der Waals surface area contributed by atoms with Crippen molar-refractivity contribution >= 4 is 11.8 Å². The molecule has 0 radical (unpaired) electrons. The number of halogens is 1. The molecule has 0 amide bonds. The van der Waals surface area contributed by atoms with Gasteiger partial charge in [0.25, 0.3) is 0 Å². The van der Waals surface area contributed by atoms with Gasteiger partial charge in [-0.25, -0.2) is 4.39 Å². The first kappa shape index (κ1) is 13.0. The molecule has 0 saturated carbocycles. The molecule has 0 heterocycles. The molecule has 2 aromatic rings. The van der Waals surface area contributed by atoms with Crippen LogP contribution in [0.1, 0.15) is 11.1 Å². The van der Waals surface area contributed by atoms with E-state index in [2.05, 4.69) is 0 Å². The van der Waals surface area contributed by atoms with Crippen molar-refractivity contribution in [3.8, 4) is 5.75 Å². The van der Waals surface area contributed by atoms with Gasteiger partial charge in [-0.2, -0.15) is 0 Å². The highest BCUT2D eigenvalue weighted by atomic mass is 32.2. The van der Waals surface area contributed by atoms with Crippen LogP contribution >= 0.6 is 11.8 Å². The first-order chi connectivity index (χ1) is 8.72. The van der Waals surface area contributed by atoms with Crippen LogP contribution in [-0.2, 0) is 6.61 Å². The average Bonchev–Trinajstić information content (AvgIpc) is 2.42. The number of rotatable bonds is 4. The summed E-state index contributed by atoms with van der Waals surface area (Å²) in [7, 11) is 0. The summed E-state index contributed by atoms with van der Waals surface area (Å²) in [6.07, 6.45) is 1.94. The van der Waals surface area contributed by atoms with E-state index in [-0.39, 0.29) is 5.82 Å². The van der Waals surface area contributed by atoms with Crippen molar-refractivity contribution in [2.45, 2.75) is 18.4 Å². The monoisotopic (exact) mass is 262 g/mol. The van der Waals surface area contributed by atoms with E-state index in [1.54, 1.807) is 13.0 Å². The summed E-state index contributed by atoms with van der Waals surface area (Å²) in [6, 6.07) is 13.3. The first-order valence-corrected chi connectivity index (χ1v) is 6.94. The molecule has 0 atom stereocenters. The van der Waals surface area contributed by atoms with Crippen molar-refractivity contribution in [3.63, 3.8) is 0 Å². The highest BCUT2D eigenvalue weighted by Crippen LogP contribution is 2.28. The topological polar surface area (TPSA) is 9.23 Å².